The molecule has 1 aromatic rings. The number of hydrogen-bond acceptors (Lipinski definition) is 6. The van der Waals surface area contributed by atoms with E-state index in [1.807, 2.05) is 19.1 Å². The SMILES string of the molecule is C/C=C\CCCC(=O)NC(C)C(=O)Oc1cccc(CO[N+](=O)[O-])c1. The van der Waals surface area contributed by atoms with Gasteiger partial charge in [-0.3, -0.25) is 4.79 Å². The van der Waals surface area contributed by atoms with Crippen LogP contribution in [0.15, 0.2) is 36.4 Å². The van der Waals surface area contributed by atoms with Gasteiger partial charge in [-0.25, -0.2) is 4.79 Å². The van der Waals surface area contributed by atoms with Crippen LogP contribution in [0.4, 0.5) is 0 Å². The summed E-state index contributed by atoms with van der Waals surface area (Å²) in [5.41, 5.74) is 0.489. The third-order valence-corrected chi connectivity index (χ3v) is 3.19. The average Bonchev–Trinajstić information content (AvgIpc) is 2.57. The number of allylic oxidation sites excluding steroid dienone is 2. The molecule has 0 aliphatic carbocycles. The van der Waals surface area contributed by atoms with Gasteiger partial charge in [0.05, 0.1) is 0 Å². The summed E-state index contributed by atoms with van der Waals surface area (Å²) in [5, 5.41) is 11.9. The second-order valence-electron chi connectivity index (χ2n) is 5.32. The molecule has 1 amide bonds. The largest absolute Gasteiger partial charge is 0.425 e. The minimum Gasteiger partial charge on any atom is -0.425 e. The Hall–Kier alpha value is -2.90. The number of ether oxygens (including phenoxy) is 1. The predicted molar refractivity (Wildman–Crippen MR) is 90.1 cm³/mol. The van der Waals surface area contributed by atoms with Crippen molar-refractivity contribution in [3.8, 4) is 5.75 Å². The Morgan fingerprint density at radius 1 is 1.40 bits per heavy atom. The Labute approximate surface area is 145 Å². The summed E-state index contributed by atoms with van der Waals surface area (Å²) in [6, 6.07) is 5.40. The number of amides is 1. The summed E-state index contributed by atoms with van der Waals surface area (Å²) in [5.74, 6) is -0.611. The zero-order valence-electron chi connectivity index (χ0n) is 14.3. The van der Waals surface area contributed by atoms with Gasteiger partial charge in [-0.2, -0.15) is 0 Å². The molecule has 0 radical (unpaired) electrons. The van der Waals surface area contributed by atoms with Crippen molar-refractivity contribution >= 4 is 11.9 Å². The van der Waals surface area contributed by atoms with E-state index >= 15 is 0 Å². The third-order valence-electron chi connectivity index (χ3n) is 3.19. The number of nitrogens with zero attached hydrogens (tertiary/aromatic N) is 1. The Bertz CT molecular complexity index is 629. The molecule has 1 N–H and O–H groups in total. The fraction of sp³-hybridized carbons (Fsp3) is 0.412. The lowest BCUT2D eigenvalue weighted by Crippen LogP contribution is -2.40. The van der Waals surface area contributed by atoms with E-state index in [1.165, 1.54) is 13.0 Å². The highest BCUT2D eigenvalue weighted by atomic mass is 16.9. The summed E-state index contributed by atoms with van der Waals surface area (Å²) >= 11 is 0. The number of carbonyl (C=O) groups is 2. The van der Waals surface area contributed by atoms with Crippen LogP contribution < -0.4 is 10.1 Å². The fourth-order valence-corrected chi connectivity index (χ4v) is 1.95. The quantitative estimate of drug-likeness (QED) is 0.173. The van der Waals surface area contributed by atoms with Crippen LogP contribution in [0.2, 0.25) is 0 Å². The van der Waals surface area contributed by atoms with E-state index in [9.17, 15) is 19.7 Å². The third kappa shape index (κ3) is 8.50. The van der Waals surface area contributed by atoms with Crippen molar-refractivity contribution in [1.29, 1.82) is 0 Å². The van der Waals surface area contributed by atoms with Crippen LogP contribution in [0.1, 0.15) is 38.7 Å². The van der Waals surface area contributed by atoms with Gasteiger partial charge >= 0.3 is 5.97 Å². The number of rotatable bonds is 10. The van der Waals surface area contributed by atoms with Gasteiger partial charge in [0.2, 0.25) is 5.91 Å². The minimum atomic E-state index is -0.896. The molecule has 1 aromatic carbocycles. The highest BCUT2D eigenvalue weighted by Crippen LogP contribution is 2.15. The first-order chi connectivity index (χ1) is 11.9. The summed E-state index contributed by atoms with van der Waals surface area (Å²) in [6.07, 6.45) is 5.73. The number of esters is 1. The first-order valence-corrected chi connectivity index (χ1v) is 7.91. The van der Waals surface area contributed by atoms with Crippen molar-refractivity contribution in [2.45, 2.75) is 45.8 Å². The molecular formula is C17H22N2O6. The van der Waals surface area contributed by atoms with E-state index in [-0.39, 0.29) is 18.3 Å². The predicted octanol–water partition coefficient (Wildman–Crippen LogP) is 2.55. The monoisotopic (exact) mass is 350 g/mol. The topological polar surface area (TPSA) is 108 Å². The van der Waals surface area contributed by atoms with Gasteiger partial charge in [0.15, 0.2) is 0 Å². The summed E-state index contributed by atoms with van der Waals surface area (Å²) in [6.45, 7) is 3.21. The molecule has 0 spiro atoms. The van der Waals surface area contributed by atoms with Gasteiger partial charge < -0.3 is 14.9 Å². The molecule has 0 heterocycles. The van der Waals surface area contributed by atoms with E-state index in [0.717, 1.165) is 6.42 Å². The van der Waals surface area contributed by atoms with E-state index < -0.39 is 17.1 Å². The molecule has 8 nitrogen and oxygen atoms in total. The number of nitrogens with one attached hydrogen (secondary N) is 1. The van der Waals surface area contributed by atoms with Crippen LogP contribution in [0.5, 0.6) is 5.75 Å². The summed E-state index contributed by atoms with van der Waals surface area (Å²) in [4.78, 5) is 38.2. The minimum absolute atomic E-state index is 0.220. The maximum atomic E-state index is 12.0. The van der Waals surface area contributed by atoms with E-state index in [0.29, 0.717) is 18.4 Å². The van der Waals surface area contributed by atoms with Crippen LogP contribution in [0.25, 0.3) is 0 Å². The van der Waals surface area contributed by atoms with Crippen molar-refractivity contribution in [1.82, 2.24) is 5.32 Å². The molecule has 0 aliphatic heterocycles. The molecular weight excluding hydrogens is 328 g/mol. The van der Waals surface area contributed by atoms with Crippen LogP contribution in [0, 0.1) is 10.1 Å². The Morgan fingerprint density at radius 2 is 2.16 bits per heavy atom. The van der Waals surface area contributed by atoms with Crippen LogP contribution in [-0.2, 0) is 21.0 Å². The summed E-state index contributed by atoms with van der Waals surface area (Å²) in [7, 11) is 0. The first-order valence-electron chi connectivity index (χ1n) is 7.91. The second-order valence-corrected chi connectivity index (χ2v) is 5.32. The normalized spacial score (nSPS) is 11.8. The van der Waals surface area contributed by atoms with Crippen LogP contribution in [-0.4, -0.2) is 23.0 Å². The van der Waals surface area contributed by atoms with Gasteiger partial charge in [-0.1, -0.05) is 24.3 Å². The Balaban J connectivity index is 2.47. The second kappa shape index (κ2) is 10.8. The van der Waals surface area contributed by atoms with Gasteiger partial charge in [-0.05, 0) is 44.4 Å². The van der Waals surface area contributed by atoms with Crippen LogP contribution >= 0.6 is 0 Å². The Morgan fingerprint density at radius 3 is 2.84 bits per heavy atom. The molecule has 0 aliphatic rings. The lowest BCUT2D eigenvalue weighted by Gasteiger charge is -2.13. The standard InChI is InChI=1S/C17H22N2O6/c1-3-4-5-6-10-16(20)18-13(2)17(21)25-15-9-7-8-14(11-15)12-24-19(22)23/h3-4,7-9,11,13H,5-6,10,12H2,1-2H3,(H,18,20)/b4-3-. The fourth-order valence-electron chi connectivity index (χ4n) is 1.95. The van der Waals surface area contributed by atoms with Crippen molar-refractivity contribution in [3.63, 3.8) is 0 Å². The van der Waals surface area contributed by atoms with Gasteiger partial charge in [-0.15, -0.1) is 10.1 Å². The molecule has 25 heavy (non-hydrogen) atoms. The molecule has 1 rings (SSSR count). The van der Waals surface area contributed by atoms with Gasteiger partial charge in [0.25, 0.3) is 5.09 Å². The summed E-state index contributed by atoms with van der Waals surface area (Å²) < 4.78 is 5.18. The number of hydrogen-bond donors (Lipinski definition) is 1. The lowest BCUT2D eigenvalue weighted by atomic mass is 10.2. The highest BCUT2D eigenvalue weighted by molar-refractivity contribution is 5.85. The van der Waals surface area contributed by atoms with Gasteiger partial charge in [0.1, 0.15) is 18.4 Å². The number of unbranched alkanes of at least 4 members (excludes halogenated alkanes) is 1. The maximum absolute atomic E-state index is 12.0. The molecule has 1 unspecified atom stereocenters. The molecule has 0 bridgehead atoms. The molecule has 8 heteroatoms. The molecule has 1 atom stereocenters. The van der Waals surface area contributed by atoms with E-state index in [4.69, 9.17) is 4.74 Å². The van der Waals surface area contributed by atoms with Crippen molar-refractivity contribution in [2.75, 3.05) is 0 Å². The van der Waals surface area contributed by atoms with Crippen molar-refractivity contribution in [2.24, 2.45) is 0 Å². The average molecular weight is 350 g/mol. The number of carbonyl (C=O) groups excluding carboxylic acids is 2. The van der Waals surface area contributed by atoms with E-state index in [2.05, 4.69) is 10.2 Å². The van der Waals surface area contributed by atoms with E-state index in [1.54, 1.807) is 18.2 Å². The molecule has 0 saturated heterocycles. The lowest BCUT2D eigenvalue weighted by molar-refractivity contribution is -0.763. The first kappa shape index (κ1) is 20.1. The zero-order chi connectivity index (χ0) is 18.7. The smallest absolute Gasteiger partial charge is 0.333 e. The molecule has 0 aromatic heterocycles. The molecule has 0 saturated carbocycles. The van der Waals surface area contributed by atoms with Crippen LogP contribution in [0.3, 0.4) is 0 Å². The van der Waals surface area contributed by atoms with Gasteiger partial charge in [0, 0.05) is 6.42 Å². The number of benzene rings is 1. The van der Waals surface area contributed by atoms with Crippen molar-refractivity contribution < 1.29 is 24.3 Å². The molecule has 136 valence electrons. The Kier molecular flexibility index (Phi) is 8.70. The zero-order valence-corrected chi connectivity index (χ0v) is 14.3. The maximum Gasteiger partial charge on any atom is 0.333 e. The van der Waals surface area contributed by atoms with Crippen molar-refractivity contribution in [3.05, 3.63) is 52.1 Å². The molecule has 0 fully saturated rings. The highest BCUT2D eigenvalue weighted by Gasteiger charge is 2.17.